The molecular weight excluding hydrogens is 244 g/mol. The molecule has 2 nitrogen and oxygen atoms in total. The van der Waals surface area contributed by atoms with Crippen LogP contribution < -0.4 is 5.73 Å². The summed E-state index contributed by atoms with van der Waals surface area (Å²) in [5, 5.41) is 0. The van der Waals surface area contributed by atoms with Crippen molar-refractivity contribution < 1.29 is 0 Å². The molecule has 0 aliphatic heterocycles. The highest BCUT2D eigenvalue weighted by molar-refractivity contribution is 5.25. The SMILES string of the molecule is CCCN(CC(N)c1ccc(CC(C)C)cc1)C1CC1. The Kier molecular flexibility index (Phi) is 5.62. The molecule has 1 atom stereocenters. The van der Waals surface area contributed by atoms with Crippen LogP contribution in [-0.2, 0) is 6.42 Å². The summed E-state index contributed by atoms with van der Waals surface area (Å²) < 4.78 is 0. The maximum atomic E-state index is 6.40. The second kappa shape index (κ2) is 7.24. The number of nitrogens with zero attached hydrogens (tertiary/aromatic N) is 1. The molecule has 1 aromatic carbocycles. The topological polar surface area (TPSA) is 29.3 Å². The molecule has 0 radical (unpaired) electrons. The lowest BCUT2D eigenvalue weighted by atomic mass is 9.99. The lowest BCUT2D eigenvalue weighted by molar-refractivity contribution is 0.248. The van der Waals surface area contributed by atoms with Crippen LogP contribution in [0.25, 0.3) is 0 Å². The Morgan fingerprint density at radius 3 is 2.35 bits per heavy atom. The van der Waals surface area contributed by atoms with Crippen LogP contribution in [0, 0.1) is 5.92 Å². The van der Waals surface area contributed by atoms with Crippen molar-refractivity contribution >= 4 is 0 Å². The van der Waals surface area contributed by atoms with Gasteiger partial charge < -0.3 is 5.73 Å². The third kappa shape index (κ3) is 4.60. The molecule has 0 saturated heterocycles. The van der Waals surface area contributed by atoms with E-state index in [4.69, 9.17) is 5.73 Å². The second-order valence-electron chi connectivity index (χ2n) is 6.67. The minimum Gasteiger partial charge on any atom is -0.323 e. The van der Waals surface area contributed by atoms with E-state index >= 15 is 0 Å². The van der Waals surface area contributed by atoms with Gasteiger partial charge in [-0.2, -0.15) is 0 Å². The number of nitrogens with two attached hydrogens (primary N) is 1. The van der Waals surface area contributed by atoms with Crippen LogP contribution in [0.4, 0.5) is 0 Å². The van der Waals surface area contributed by atoms with Crippen LogP contribution in [0.3, 0.4) is 0 Å². The van der Waals surface area contributed by atoms with E-state index in [1.54, 1.807) is 0 Å². The van der Waals surface area contributed by atoms with Crippen molar-refractivity contribution in [1.82, 2.24) is 4.90 Å². The zero-order valence-electron chi connectivity index (χ0n) is 13.3. The van der Waals surface area contributed by atoms with E-state index in [2.05, 4.69) is 49.9 Å². The standard InChI is InChI=1S/C18H30N2/c1-4-11-20(17-9-10-17)13-18(19)16-7-5-15(6-8-16)12-14(2)3/h5-8,14,17-18H,4,9-13,19H2,1-3H3. The summed E-state index contributed by atoms with van der Waals surface area (Å²) >= 11 is 0. The normalized spacial score (nSPS) is 16.9. The highest BCUT2D eigenvalue weighted by Gasteiger charge is 2.29. The van der Waals surface area contributed by atoms with E-state index in [9.17, 15) is 0 Å². The molecule has 1 fully saturated rings. The molecule has 0 aromatic heterocycles. The molecule has 20 heavy (non-hydrogen) atoms. The van der Waals surface area contributed by atoms with Crippen molar-refractivity contribution in [2.24, 2.45) is 11.7 Å². The smallest absolute Gasteiger partial charge is 0.0424 e. The van der Waals surface area contributed by atoms with Crippen LogP contribution in [0.2, 0.25) is 0 Å². The molecule has 2 heteroatoms. The first-order valence-corrected chi connectivity index (χ1v) is 8.18. The van der Waals surface area contributed by atoms with Crippen molar-refractivity contribution in [2.75, 3.05) is 13.1 Å². The van der Waals surface area contributed by atoms with Crippen molar-refractivity contribution in [3.05, 3.63) is 35.4 Å². The zero-order chi connectivity index (χ0) is 14.5. The van der Waals surface area contributed by atoms with E-state index in [1.165, 1.54) is 36.9 Å². The summed E-state index contributed by atoms with van der Waals surface area (Å²) in [6.45, 7) is 8.96. The first-order valence-electron chi connectivity index (χ1n) is 8.18. The summed E-state index contributed by atoms with van der Waals surface area (Å²) in [7, 11) is 0. The predicted molar refractivity (Wildman–Crippen MR) is 86.8 cm³/mol. The van der Waals surface area contributed by atoms with Crippen molar-refractivity contribution in [3.8, 4) is 0 Å². The predicted octanol–water partition coefficient (Wildman–Crippen LogP) is 3.76. The van der Waals surface area contributed by atoms with Crippen molar-refractivity contribution in [3.63, 3.8) is 0 Å². The van der Waals surface area contributed by atoms with Crippen LogP contribution in [-0.4, -0.2) is 24.0 Å². The lowest BCUT2D eigenvalue weighted by Gasteiger charge is -2.25. The summed E-state index contributed by atoms with van der Waals surface area (Å²) in [5.41, 5.74) is 9.10. The minimum atomic E-state index is 0.148. The fourth-order valence-corrected chi connectivity index (χ4v) is 2.88. The van der Waals surface area contributed by atoms with Crippen LogP contribution in [0.5, 0.6) is 0 Å². The third-order valence-electron chi connectivity index (χ3n) is 4.06. The molecule has 0 heterocycles. The molecule has 0 amide bonds. The van der Waals surface area contributed by atoms with Crippen molar-refractivity contribution in [1.29, 1.82) is 0 Å². The molecule has 1 saturated carbocycles. The highest BCUT2D eigenvalue weighted by atomic mass is 15.2. The summed E-state index contributed by atoms with van der Waals surface area (Å²) in [4.78, 5) is 2.58. The molecule has 0 bridgehead atoms. The first-order chi connectivity index (χ1) is 9.60. The molecule has 2 N–H and O–H groups in total. The van der Waals surface area contributed by atoms with Gasteiger partial charge in [0.05, 0.1) is 0 Å². The number of hydrogen-bond acceptors (Lipinski definition) is 2. The third-order valence-corrected chi connectivity index (χ3v) is 4.06. The number of hydrogen-bond donors (Lipinski definition) is 1. The van der Waals surface area contributed by atoms with Gasteiger partial charge in [0, 0.05) is 18.6 Å². The van der Waals surface area contributed by atoms with Gasteiger partial charge >= 0.3 is 0 Å². The largest absolute Gasteiger partial charge is 0.323 e. The fraction of sp³-hybridized carbons (Fsp3) is 0.667. The van der Waals surface area contributed by atoms with Gasteiger partial charge in [-0.05, 0) is 49.3 Å². The molecule has 1 aliphatic carbocycles. The molecular formula is C18H30N2. The average molecular weight is 274 g/mol. The molecule has 112 valence electrons. The van der Waals surface area contributed by atoms with E-state index in [1.807, 2.05) is 0 Å². The zero-order valence-corrected chi connectivity index (χ0v) is 13.3. The van der Waals surface area contributed by atoms with Crippen LogP contribution in [0.1, 0.15) is 57.2 Å². The van der Waals surface area contributed by atoms with E-state index in [0.717, 1.165) is 19.0 Å². The molecule has 1 aliphatic rings. The van der Waals surface area contributed by atoms with Crippen molar-refractivity contribution in [2.45, 2.75) is 58.5 Å². The van der Waals surface area contributed by atoms with Gasteiger partial charge in [0.2, 0.25) is 0 Å². The van der Waals surface area contributed by atoms with E-state index in [0.29, 0.717) is 5.92 Å². The van der Waals surface area contributed by atoms with Crippen LogP contribution in [0.15, 0.2) is 24.3 Å². The van der Waals surface area contributed by atoms with Gasteiger partial charge in [-0.15, -0.1) is 0 Å². The van der Waals surface area contributed by atoms with Gasteiger partial charge in [0.25, 0.3) is 0 Å². The Bertz CT molecular complexity index is 392. The summed E-state index contributed by atoms with van der Waals surface area (Å²) in [6.07, 6.45) is 5.09. The van der Waals surface area contributed by atoms with Gasteiger partial charge in [-0.25, -0.2) is 0 Å². The molecule has 0 spiro atoms. The minimum absolute atomic E-state index is 0.148. The maximum Gasteiger partial charge on any atom is 0.0424 e. The summed E-state index contributed by atoms with van der Waals surface area (Å²) in [5.74, 6) is 0.712. The second-order valence-corrected chi connectivity index (χ2v) is 6.67. The average Bonchev–Trinajstić information content (AvgIpc) is 3.22. The first kappa shape index (κ1) is 15.5. The van der Waals surface area contributed by atoms with Gasteiger partial charge in [0.15, 0.2) is 0 Å². The molecule has 1 aromatic rings. The monoisotopic (exact) mass is 274 g/mol. The number of rotatable bonds is 8. The van der Waals surface area contributed by atoms with Gasteiger partial charge in [-0.3, -0.25) is 4.90 Å². The Morgan fingerprint density at radius 1 is 1.20 bits per heavy atom. The Morgan fingerprint density at radius 2 is 1.85 bits per heavy atom. The lowest BCUT2D eigenvalue weighted by Crippen LogP contribution is -2.34. The maximum absolute atomic E-state index is 6.40. The fourth-order valence-electron chi connectivity index (χ4n) is 2.88. The number of benzene rings is 1. The van der Waals surface area contributed by atoms with Gasteiger partial charge in [0.1, 0.15) is 0 Å². The molecule has 1 unspecified atom stereocenters. The Hall–Kier alpha value is -0.860. The summed E-state index contributed by atoms with van der Waals surface area (Å²) in [6, 6.07) is 9.89. The quantitative estimate of drug-likeness (QED) is 0.782. The molecule has 2 rings (SSSR count). The van der Waals surface area contributed by atoms with Gasteiger partial charge in [-0.1, -0.05) is 45.0 Å². The van der Waals surface area contributed by atoms with E-state index in [-0.39, 0.29) is 6.04 Å². The highest BCUT2D eigenvalue weighted by Crippen LogP contribution is 2.28. The Balaban J connectivity index is 1.92. The van der Waals surface area contributed by atoms with Crippen LogP contribution >= 0.6 is 0 Å². The Labute approximate surface area is 124 Å². The van der Waals surface area contributed by atoms with E-state index < -0.39 is 0 Å².